The fourth-order valence-corrected chi connectivity index (χ4v) is 5.61. The molecular weight excluding hydrogens is 504 g/mol. The van der Waals surface area contributed by atoms with Crippen LogP contribution in [0.1, 0.15) is 29.9 Å². The van der Waals surface area contributed by atoms with Crippen molar-refractivity contribution in [3.63, 3.8) is 0 Å². The molecule has 6 heterocycles. The Morgan fingerprint density at radius 2 is 2.00 bits per heavy atom. The number of nitrogen functional groups attached to an aromatic ring is 1. The molecular formula is C29H25N10O+. The lowest BCUT2D eigenvalue weighted by Gasteiger charge is -2.21. The van der Waals surface area contributed by atoms with Crippen LogP contribution in [0.4, 0.5) is 5.82 Å². The zero-order chi connectivity index (χ0) is 26.6. The Morgan fingerprint density at radius 3 is 2.83 bits per heavy atom. The number of imidazole rings is 1. The molecule has 0 bridgehead atoms. The smallest absolute Gasteiger partial charge is 0.250 e. The maximum Gasteiger partial charge on any atom is 0.250 e. The van der Waals surface area contributed by atoms with Gasteiger partial charge < -0.3 is 10.5 Å². The van der Waals surface area contributed by atoms with Crippen molar-refractivity contribution in [2.24, 2.45) is 10.3 Å². The van der Waals surface area contributed by atoms with E-state index in [0.717, 1.165) is 54.0 Å². The standard InChI is InChI=1S/C29H25N10O/c30-27-22(3-1-11-31-27)28-33-23-8-9-26(38-13-2-12-32-38)34-29(23)39(28)20-6-7-21-18(15-20)4-5-19(21)16-37-17-24(35-36-37)25-10-14-40-25/h1-3,6-9,11-13,15-17,19,25H,4-5,10,14H2,(H2,30,31)/q+1/b37-16+. The minimum atomic E-state index is 0.0797. The monoisotopic (exact) mass is 529 g/mol. The van der Waals surface area contributed by atoms with Gasteiger partial charge >= 0.3 is 0 Å². The summed E-state index contributed by atoms with van der Waals surface area (Å²) in [7, 11) is 0. The van der Waals surface area contributed by atoms with Crippen LogP contribution in [-0.2, 0) is 11.2 Å². The number of fused-ring (bicyclic) bond motifs is 2. The van der Waals surface area contributed by atoms with E-state index in [-0.39, 0.29) is 12.0 Å². The molecule has 1 aliphatic carbocycles. The quantitative estimate of drug-likeness (QED) is 0.337. The largest absolute Gasteiger partial charge is 0.383 e. The molecule has 2 aliphatic heterocycles. The molecule has 1 aromatic carbocycles. The van der Waals surface area contributed by atoms with Crippen LogP contribution in [0.25, 0.3) is 34.1 Å². The van der Waals surface area contributed by atoms with E-state index < -0.39 is 0 Å². The molecule has 5 aromatic rings. The van der Waals surface area contributed by atoms with Gasteiger partial charge in [-0.05, 0) is 66.4 Å². The SMILES string of the molecule is Nc1ncccc1-c1nc2ccc(-n3cccn3)nc2n1-c1ccc2c(c1)CCC2/C=[N+]1\C=C(C2CCO2)N=N1. The average molecular weight is 530 g/mol. The Kier molecular flexibility index (Phi) is 5.17. The van der Waals surface area contributed by atoms with Crippen molar-refractivity contribution < 1.29 is 9.42 Å². The van der Waals surface area contributed by atoms with Gasteiger partial charge in [-0.1, -0.05) is 6.07 Å². The summed E-state index contributed by atoms with van der Waals surface area (Å²) in [6, 6.07) is 16.1. The number of nitrogens with zero attached hydrogens (tertiary/aromatic N) is 9. The lowest BCUT2D eigenvalue weighted by molar-refractivity contribution is -0.461. The van der Waals surface area contributed by atoms with Crippen molar-refractivity contribution in [3.05, 3.63) is 90.1 Å². The minimum absolute atomic E-state index is 0.0797. The number of aryl methyl sites for hydroxylation is 1. The summed E-state index contributed by atoms with van der Waals surface area (Å²) in [5.41, 5.74) is 13.0. The predicted octanol–water partition coefficient (Wildman–Crippen LogP) is 4.37. The van der Waals surface area contributed by atoms with Crippen molar-refractivity contribution in [3.8, 4) is 22.9 Å². The maximum absolute atomic E-state index is 6.32. The van der Waals surface area contributed by atoms with Crippen molar-refractivity contribution in [1.29, 1.82) is 0 Å². The van der Waals surface area contributed by atoms with Crippen LogP contribution in [-0.4, -0.2) is 52.9 Å². The first-order valence-electron chi connectivity index (χ1n) is 13.3. The van der Waals surface area contributed by atoms with E-state index in [9.17, 15) is 0 Å². The molecule has 2 atom stereocenters. The van der Waals surface area contributed by atoms with Gasteiger partial charge in [0.2, 0.25) is 5.70 Å². The van der Waals surface area contributed by atoms with Crippen LogP contribution < -0.4 is 5.73 Å². The van der Waals surface area contributed by atoms with Crippen molar-refractivity contribution in [2.75, 3.05) is 12.3 Å². The predicted molar refractivity (Wildman–Crippen MR) is 148 cm³/mol. The van der Waals surface area contributed by atoms with E-state index in [1.165, 1.54) is 11.1 Å². The van der Waals surface area contributed by atoms with Gasteiger partial charge in [-0.2, -0.15) is 5.10 Å². The number of hydrogen-bond acceptors (Lipinski definition) is 8. The third kappa shape index (κ3) is 3.74. The van der Waals surface area contributed by atoms with E-state index in [0.29, 0.717) is 17.5 Å². The summed E-state index contributed by atoms with van der Waals surface area (Å²) in [5, 5.41) is 13.0. The number of rotatable bonds is 5. The average Bonchev–Trinajstić information content (AvgIpc) is 3.75. The molecule has 40 heavy (non-hydrogen) atoms. The molecule has 0 radical (unpaired) electrons. The highest BCUT2D eigenvalue weighted by Gasteiger charge is 2.33. The molecule has 2 N–H and O–H groups in total. The number of hydrogen-bond donors (Lipinski definition) is 1. The van der Waals surface area contributed by atoms with Gasteiger partial charge in [-0.15, -0.1) is 4.68 Å². The van der Waals surface area contributed by atoms with Crippen LogP contribution in [0.5, 0.6) is 0 Å². The molecule has 11 nitrogen and oxygen atoms in total. The lowest BCUT2D eigenvalue weighted by Crippen LogP contribution is -2.27. The molecule has 8 rings (SSSR count). The number of nitrogens with two attached hydrogens (primary N) is 1. The Bertz CT molecular complexity index is 1860. The van der Waals surface area contributed by atoms with Crippen molar-refractivity contribution in [1.82, 2.24) is 29.3 Å². The fraction of sp³-hybridized carbons (Fsp3) is 0.207. The summed E-state index contributed by atoms with van der Waals surface area (Å²) in [6.07, 6.45) is 12.5. The molecule has 2 unspecified atom stereocenters. The second-order valence-corrected chi connectivity index (χ2v) is 10.1. The van der Waals surface area contributed by atoms with Crippen LogP contribution in [0.2, 0.25) is 0 Å². The van der Waals surface area contributed by atoms with Crippen LogP contribution in [0, 0.1) is 0 Å². The van der Waals surface area contributed by atoms with Gasteiger partial charge in [0.25, 0.3) is 0 Å². The Hall–Kier alpha value is -5.03. The number of pyridine rings is 2. The molecule has 1 saturated heterocycles. The van der Waals surface area contributed by atoms with Gasteiger partial charge in [-0.25, -0.2) is 19.6 Å². The van der Waals surface area contributed by atoms with E-state index in [1.54, 1.807) is 17.1 Å². The first-order chi connectivity index (χ1) is 19.7. The maximum atomic E-state index is 6.32. The zero-order valence-corrected chi connectivity index (χ0v) is 21.5. The first-order valence-corrected chi connectivity index (χ1v) is 13.3. The molecule has 1 fully saturated rings. The number of benzene rings is 1. The number of anilines is 1. The Morgan fingerprint density at radius 1 is 1.05 bits per heavy atom. The van der Waals surface area contributed by atoms with Crippen molar-refractivity contribution in [2.45, 2.75) is 31.3 Å². The molecule has 0 saturated carbocycles. The first kappa shape index (κ1) is 22.9. The highest BCUT2D eigenvalue weighted by molar-refractivity contribution is 5.83. The highest BCUT2D eigenvalue weighted by Crippen LogP contribution is 2.36. The summed E-state index contributed by atoms with van der Waals surface area (Å²) in [6.45, 7) is 0.793. The fourth-order valence-electron chi connectivity index (χ4n) is 5.61. The van der Waals surface area contributed by atoms with Gasteiger partial charge in [0, 0.05) is 36.6 Å². The van der Waals surface area contributed by atoms with E-state index >= 15 is 0 Å². The molecule has 3 aliphatic rings. The second kappa shape index (κ2) is 9.02. The van der Waals surface area contributed by atoms with Crippen LogP contribution in [0.3, 0.4) is 0 Å². The van der Waals surface area contributed by atoms with Gasteiger partial charge in [0.05, 0.1) is 17.3 Å². The molecule has 4 aromatic heterocycles. The number of ether oxygens (including phenoxy) is 1. The zero-order valence-electron chi connectivity index (χ0n) is 21.5. The third-order valence-corrected chi connectivity index (χ3v) is 7.71. The van der Waals surface area contributed by atoms with Gasteiger partial charge in [0.15, 0.2) is 23.5 Å². The molecule has 11 heteroatoms. The van der Waals surface area contributed by atoms with Gasteiger partial charge in [-0.3, -0.25) is 4.57 Å². The lowest BCUT2D eigenvalue weighted by atomic mass is 10.0. The summed E-state index contributed by atoms with van der Waals surface area (Å²) in [4.78, 5) is 14.2. The molecule has 0 amide bonds. The summed E-state index contributed by atoms with van der Waals surface area (Å²) >= 11 is 0. The normalized spacial score (nSPS) is 20.7. The topological polar surface area (TPSA) is 124 Å². The highest BCUT2D eigenvalue weighted by atomic mass is 16.5. The molecule has 196 valence electrons. The van der Waals surface area contributed by atoms with Crippen LogP contribution in [0.15, 0.2) is 89.4 Å². The minimum Gasteiger partial charge on any atom is -0.383 e. The summed E-state index contributed by atoms with van der Waals surface area (Å²) in [5.74, 6) is 2.07. The summed E-state index contributed by atoms with van der Waals surface area (Å²) < 4.78 is 11.2. The number of aromatic nitrogens is 6. The van der Waals surface area contributed by atoms with E-state index in [2.05, 4.69) is 49.4 Å². The van der Waals surface area contributed by atoms with Crippen molar-refractivity contribution >= 4 is 23.2 Å². The van der Waals surface area contributed by atoms with Crippen LogP contribution >= 0.6 is 0 Å². The van der Waals surface area contributed by atoms with Gasteiger partial charge in [0.1, 0.15) is 28.9 Å². The van der Waals surface area contributed by atoms with E-state index in [4.69, 9.17) is 20.4 Å². The second-order valence-electron chi connectivity index (χ2n) is 10.1. The Labute approximate surface area is 229 Å². The van der Waals surface area contributed by atoms with E-state index in [1.807, 2.05) is 47.4 Å². The third-order valence-electron chi connectivity index (χ3n) is 7.71. The molecule has 0 spiro atoms. The Balaban J connectivity index is 1.22.